The van der Waals surface area contributed by atoms with Gasteiger partial charge in [-0.05, 0) is 75.7 Å². The van der Waals surface area contributed by atoms with E-state index < -0.39 is 80.4 Å². The molecule has 0 radical (unpaired) electrons. The monoisotopic (exact) mass is 787 g/mol. The minimum absolute atomic E-state index is 0.0132. The van der Waals surface area contributed by atoms with Crippen molar-refractivity contribution in [3.8, 4) is 0 Å². The van der Waals surface area contributed by atoms with E-state index in [4.69, 9.17) is 18.4 Å². The van der Waals surface area contributed by atoms with Crippen molar-refractivity contribution in [1.82, 2.24) is 20.3 Å². The Hall–Kier alpha value is -4.44. The molecule has 0 bridgehead atoms. The summed E-state index contributed by atoms with van der Waals surface area (Å²) in [6.07, 6.45) is 11.0. The van der Waals surface area contributed by atoms with Crippen LogP contribution in [0.4, 0.5) is 4.79 Å². The molecule has 15 nitrogen and oxygen atoms in total. The van der Waals surface area contributed by atoms with Gasteiger partial charge in [-0.3, -0.25) is 14.4 Å². The molecule has 2 heterocycles. The van der Waals surface area contributed by atoms with Crippen molar-refractivity contribution in [1.29, 1.82) is 0 Å². The maximum atomic E-state index is 14.5. The van der Waals surface area contributed by atoms with E-state index in [1.54, 1.807) is 73.0 Å². The molecule has 3 fully saturated rings. The van der Waals surface area contributed by atoms with Crippen molar-refractivity contribution in [2.24, 2.45) is 16.3 Å². The number of carbonyl (C=O) groups excluding carboxylic acids is 4. The van der Waals surface area contributed by atoms with Gasteiger partial charge in [0.25, 0.3) is 5.91 Å². The lowest BCUT2D eigenvalue weighted by Crippen LogP contribution is -2.60. The van der Waals surface area contributed by atoms with Gasteiger partial charge in [0.2, 0.25) is 11.8 Å². The molecule has 55 heavy (non-hydrogen) atoms. The van der Waals surface area contributed by atoms with Gasteiger partial charge in [-0.2, -0.15) is 8.42 Å². The van der Waals surface area contributed by atoms with Crippen LogP contribution in [0, 0.1) is 11.3 Å². The highest BCUT2D eigenvalue weighted by Gasteiger charge is 2.62. The molecule has 1 saturated heterocycles. The number of likely N-dealkylation sites (tertiary alicyclic amines) is 1. The van der Waals surface area contributed by atoms with E-state index in [0.717, 1.165) is 0 Å². The van der Waals surface area contributed by atoms with Gasteiger partial charge in [0, 0.05) is 25.0 Å². The highest BCUT2D eigenvalue weighted by atomic mass is 32.2. The first-order valence-electron chi connectivity index (χ1n) is 18.6. The Morgan fingerprint density at radius 3 is 2.38 bits per heavy atom. The number of nitrogens with one attached hydrogen (secondary N) is 3. The number of hydrogen-bond acceptors (Lipinski definition) is 11. The predicted octanol–water partition coefficient (Wildman–Crippen LogP) is 4.64. The second kappa shape index (κ2) is 16.7. The Balaban J connectivity index is 1.62. The van der Waals surface area contributed by atoms with Crippen molar-refractivity contribution in [3.05, 3.63) is 61.1 Å². The van der Waals surface area contributed by atoms with Crippen LogP contribution in [0.25, 0.3) is 0 Å². The highest BCUT2D eigenvalue weighted by Crippen LogP contribution is 2.47. The Morgan fingerprint density at radius 2 is 1.82 bits per heavy atom. The summed E-state index contributed by atoms with van der Waals surface area (Å²) in [6, 6.07) is -2.34. The molecule has 0 aromatic heterocycles. The minimum atomic E-state index is -4.51. The third kappa shape index (κ3) is 11.5. The smallest absolute Gasteiger partial charge is 0.408 e. The number of nitrogens with zero attached hydrogens (tertiary/aromatic N) is 2. The maximum Gasteiger partial charge on any atom is 0.408 e. The van der Waals surface area contributed by atoms with Gasteiger partial charge >= 0.3 is 16.4 Å². The molecular formula is C39H57N5O10S. The summed E-state index contributed by atoms with van der Waals surface area (Å²) < 4.78 is 50.6. The van der Waals surface area contributed by atoms with Crippen molar-refractivity contribution < 1.29 is 46.0 Å². The van der Waals surface area contributed by atoms with Gasteiger partial charge in [0.05, 0.1) is 19.3 Å². The lowest BCUT2D eigenvalue weighted by atomic mass is 9.85. The Kier molecular flexibility index (Phi) is 13.2. The van der Waals surface area contributed by atoms with Crippen molar-refractivity contribution in [2.75, 3.05) is 13.7 Å². The molecule has 0 spiro atoms. The fraction of sp³-hybridized carbons (Fsp3) is 0.615. The second-order valence-corrected chi connectivity index (χ2v) is 17.9. The Morgan fingerprint density at radius 1 is 1.13 bits per heavy atom. The molecule has 4 amide bonds. The molecule has 4 rings (SSSR count). The number of methoxy groups -OCH3 is 1. The van der Waals surface area contributed by atoms with Crippen LogP contribution in [-0.4, -0.2) is 91.6 Å². The van der Waals surface area contributed by atoms with Gasteiger partial charge in [0.1, 0.15) is 35.1 Å². The summed E-state index contributed by atoms with van der Waals surface area (Å²) in [4.78, 5) is 61.2. The van der Waals surface area contributed by atoms with Gasteiger partial charge in [-0.1, -0.05) is 52.8 Å². The molecule has 2 aliphatic heterocycles. The lowest BCUT2D eigenvalue weighted by molar-refractivity contribution is -0.143. The summed E-state index contributed by atoms with van der Waals surface area (Å²) in [5, 5.41) is 5.45. The number of allylic oxidation sites excluding steroid dienone is 4. The van der Waals surface area contributed by atoms with Gasteiger partial charge < -0.3 is 29.7 Å². The van der Waals surface area contributed by atoms with E-state index in [1.807, 2.05) is 11.6 Å². The molecule has 16 heteroatoms. The lowest BCUT2D eigenvalue weighted by Gasteiger charge is -2.36. The van der Waals surface area contributed by atoms with Crippen LogP contribution >= 0.6 is 0 Å². The summed E-state index contributed by atoms with van der Waals surface area (Å²) in [5.74, 6) is -2.00. The molecule has 0 aromatic rings. The number of alkyl carbamates (subject to hydrolysis) is 1. The van der Waals surface area contributed by atoms with Crippen molar-refractivity contribution in [2.45, 2.75) is 128 Å². The first-order valence-corrected chi connectivity index (χ1v) is 20.0. The summed E-state index contributed by atoms with van der Waals surface area (Å²) in [6.45, 7) is 20.0. The van der Waals surface area contributed by atoms with Crippen LogP contribution in [0.2, 0.25) is 0 Å². The number of amides is 4. The normalized spacial score (nSPS) is 28.5. The molecule has 0 unspecified atom stereocenters. The number of carbonyl (C=O) groups is 4. The van der Waals surface area contributed by atoms with Crippen LogP contribution in [0.1, 0.15) is 93.4 Å². The summed E-state index contributed by atoms with van der Waals surface area (Å²) in [7, 11) is -2.97. The third-order valence-electron chi connectivity index (χ3n) is 9.64. The molecule has 2 saturated carbocycles. The largest absolute Gasteiger partial charge is 0.497 e. The Labute approximate surface area is 325 Å². The molecule has 304 valence electrons. The number of aliphatic imine (C=N–C) groups is 1. The zero-order valence-electron chi connectivity index (χ0n) is 33.2. The average Bonchev–Trinajstić information content (AvgIpc) is 3.94. The van der Waals surface area contributed by atoms with Crippen LogP contribution in [0.5, 0.6) is 0 Å². The Bertz CT molecular complexity index is 1770. The van der Waals surface area contributed by atoms with E-state index in [2.05, 4.69) is 28.8 Å². The number of rotatable bonds is 13. The van der Waals surface area contributed by atoms with E-state index in [-0.39, 0.29) is 25.8 Å². The molecule has 0 aromatic carbocycles. The first-order chi connectivity index (χ1) is 25.6. The maximum absolute atomic E-state index is 14.5. The molecule has 3 N–H and O–H groups in total. The van der Waals surface area contributed by atoms with Crippen LogP contribution in [0.3, 0.4) is 0 Å². The van der Waals surface area contributed by atoms with Crippen molar-refractivity contribution >= 4 is 40.0 Å². The average molecular weight is 788 g/mol. The zero-order valence-corrected chi connectivity index (χ0v) is 34.0. The van der Waals surface area contributed by atoms with E-state index >= 15 is 0 Å². The first kappa shape index (κ1) is 43.3. The van der Waals surface area contributed by atoms with Crippen LogP contribution < -0.4 is 15.4 Å². The molecular weight excluding hydrogens is 731 g/mol. The SMILES string of the molecule is C=C[C@@H]1C[C@]1(NC(=O)[C@@H]1C[C@@H](O/C2=N/C=C\C(=C)/C=C(OC)\C=C/C2)CN1C(=O)[C@@H](NC(=O)OC(C)(C)C)C(C)(C)C)C(=O)NS(=O)(=O)OC1(CCC)CC1. The van der Waals surface area contributed by atoms with Crippen molar-refractivity contribution in [3.63, 3.8) is 0 Å². The molecule has 4 aliphatic rings. The highest BCUT2D eigenvalue weighted by molar-refractivity contribution is 7.85. The number of ether oxygens (including phenoxy) is 3. The van der Waals surface area contributed by atoms with Gasteiger partial charge in [-0.15, -0.1) is 6.58 Å². The minimum Gasteiger partial charge on any atom is -0.497 e. The van der Waals surface area contributed by atoms with E-state index in [0.29, 0.717) is 42.9 Å². The van der Waals surface area contributed by atoms with Gasteiger partial charge in [0.15, 0.2) is 5.90 Å². The van der Waals surface area contributed by atoms with E-state index in [1.165, 1.54) is 17.2 Å². The molecule has 2 aliphatic carbocycles. The molecule has 5 atom stereocenters. The van der Waals surface area contributed by atoms with Crippen LogP contribution in [0.15, 0.2) is 66.1 Å². The number of hydrogen-bond donors (Lipinski definition) is 3. The zero-order chi connectivity index (χ0) is 41.0. The second-order valence-electron chi connectivity index (χ2n) is 16.6. The summed E-state index contributed by atoms with van der Waals surface area (Å²) >= 11 is 0. The topological polar surface area (TPSA) is 191 Å². The fourth-order valence-corrected chi connectivity index (χ4v) is 7.77. The van der Waals surface area contributed by atoms with Crippen LogP contribution in [-0.2, 0) is 43.1 Å². The quantitative estimate of drug-likeness (QED) is 0.222. The predicted molar refractivity (Wildman–Crippen MR) is 206 cm³/mol. The third-order valence-corrected chi connectivity index (χ3v) is 10.6. The van der Waals surface area contributed by atoms with Gasteiger partial charge in [-0.25, -0.2) is 18.7 Å². The standard InChI is InChI=1S/C39H57N5O10S/c1-11-17-38(18-19-38)54-55(49,50)43-34(47)39(23-26(39)12-2)42-32(45)29-22-28(52-30-15-13-14-27(51-10)21-25(3)16-20-40-30)24-44(29)33(46)31(36(4,5)6)41-35(48)53-37(7,8)9/h12-14,16,20-21,26,28-29,31H,2-3,11,15,17-19,22-24H2,1,4-10H3,(H,41,48)(H,42,45)(H,43,47)/b14-13-,20-16-,27-21+,40-30+/t26-,28-,29+,31-,39-/m1/s1. The summed E-state index contributed by atoms with van der Waals surface area (Å²) in [5.41, 5.74) is -3.54. The van der Waals surface area contributed by atoms with E-state index in [9.17, 15) is 27.6 Å². The fourth-order valence-electron chi connectivity index (χ4n) is 6.60.